The molecule has 0 rings (SSSR count). The lowest BCUT2D eigenvalue weighted by atomic mass is 11.5. The molecule has 0 aromatic carbocycles. The zero-order valence-corrected chi connectivity index (χ0v) is 4.85. The second-order valence-electron chi connectivity index (χ2n) is 1.03. The van der Waals surface area contributed by atoms with Gasteiger partial charge in [0.1, 0.15) is 0 Å². The van der Waals surface area contributed by atoms with Crippen LogP contribution in [0.15, 0.2) is 0 Å². The number of alkyl halides is 1. The molecular formula is C2H5FO4S. The monoisotopic (exact) mass is 144 g/mol. The van der Waals surface area contributed by atoms with Crippen molar-refractivity contribution < 1.29 is 22.1 Å². The van der Waals surface area contributed by atoms with Gasteiger partial charge in [-0.15, -0.1) is 0 Å². The predicted octanol–water partition coefficient (Wildman–Crippen LogP) is -0.226. The predicted molar refractivity (Wildman–Crippen MR) is 23.5 cm³/mol. The van der Waals surface area contributed by atoms with Gasteiger partial charge in [0.15, 0.2) is 0 Å². The molecule has 0 spiro atoms. The van der Waals surface area contributed by atoms with E-state index in [0.29, 0.717) is 0 Å². The maximum Gasteiger partial charge on any atom is 0.326 e. The first kappa shape index (κ1) is 7.80. The van der Waals surface area contributed by atoms with E-state index in [4.69, 9.17) is 4.55 Å². The fraction of sp³-hybridized carbons (Fsp3) is 1.00. The molecule has 0 fully saturated rings. The highest BCUT2D eigenvalue weighted by Crippen LogP contribution is 1.98. The quantitative estimate of drug-likeness (QED) is 0.544. The lowest BCUT2D eigenvalue weighted by Crippen LogP contribution is -2.16. The van der Waals surface area contributed by atoms with Crippen molar-refractivity contribution in [2.75, 3.05) is 7.11 Å². The molecule has 0 bridgehead atoms. The van der Waals surface area contributed by atoms with Crippen molar-refractivity contribution in [1.82, 2.24) is 0 Å². The Bertz CT molecular complexity index is 149. The van der Waals surface area contributed by atoms with Crippen LogP contribution in [-0.2, 0) is 14.9 Å². The van der Waals surface area contributed by atoms with Gasteiger partial charge in [0.05, 0.1) is 0 Å². The third-order valence-electron chi connectivity index (χ3n) is 0.419. The van der Waals surface area contributed by atoms with E-state index in [1.165, 1.54) is 0 Å². The van der Waals surface area contributed by atoms with E-state index in [2.05, 4.69) is 4.74 Å². The van der Waals surface area contributed by atoms with Crippen LogP contribution in [0.4, 0.5) is 4.39 Å². The van der Waals surface area contributed by atoms with Crippen molar-refractivity contribution in [1.29, 1.82) is 0 Å². The Morgan fingerprint density at radius 1 is 1.75 bits per heavy atom. The first-order valence-electron chi connectivity index (χ1n) is 1.61. The van der Waals surface area contributed by atoms with Gasteiger partial charge in [-0.2, -0.15) is 12.8 Å². The van der Waals surface area contributed by atoms with Crippen molar-refractivity contribution in [3.05, 3.63) is 0 Å². The fourth-order valence-corrected chi connectivity index (χ4v) is 0.365. The summed E-state index contributed by atoms with van der Waals surface area (Å²) >= 11 is 0. The summed E-state index contributed by atoms with van der Waals surface area (Å²) < 4.78 is 42.2. The molecule has 1 unspecified atom stereocenters. The average Bonchev–Trinajstić information content (AvgIpc) is 1.62. The first-order valence-corrected chi connectivity index (χ1v) is 3.12. The molecule has 0 heterocycles. The summed E-state index contributed by atoms with van der Waals surface area (Å²) in [4.78, 5) is 0. The molecule has 0 amide bonds. The van der Waals surface area contributed by atoms with Gasteiger partial charge in [-0.1, -0.05) is 0 Å². The Morgan fingerprint density at radius 2 is 2.12 bits per heavy atom. The van der Waals surface area contributed by atoms with Crippen LogP contribution < -0.4 is 0 Å². The van der Waals surface area contributed by atoms with E-state index < -0.39 is 15.8 Å². The third-order valence-corrected chi connectivity index (χ3v) is 1.08. The van der Waals surface area contributed by atoms with Crippen LogP contribution in [0, 0.1) is 0 Å². The smallest absolute Gasteiger partial charge is 0.326 e. The molecule has 0 aliphatic heterocycles. The summed E-state index contributed by atoms with van der Waals surface area (Å²) in [5.41, 5.74) is -2.62. The van der Waals surface area contributed by atoms with E-state index in [1.807, 2.05) is 0 Å². The molecule has 0 aromatic rings. The molecule has 0 radical (unpaired) electrons. The number of halogens is 1. The number of hydrogen-bond acceptors (Lipinski definition) is 3. The Balaban J connectivity index is 4.04. The second kappa shape index (κ2) is 2.38. The zero-order chi connectivity index (χ0) is 6.78. The van der Waals surface area contributed by atoms with Crippen molar-refractivity contribution >= 4 is 10.1 Å². The van der Waals surface area contributed by atoms with Crippen molar-refractivity contribution in [3.8, 4) is 0 Å². The lowest BCUT2D eigenvalue weighted by Gasteiger charge is -1.98. The first-order chi connectivity index (χ1) is 3.48. The normalized spacial score (nSPS) is 15.9. The molecule has 1 atom stereocenters. The summed E-state index contributed by atoms with van der Waals surface area (Å²) in [6.07, 6.45) is 0. The van der Waals surface area contributed by atoms with E-state index in [0.717, 1.165) is 7.11 Å². The molecule has 0 saturated heterocycles. The molecule has 50 valence electrons. The van der Waals surface area contributed by atoms with Gasteiger partial charge >= 0.3 is 15.8 Å². The molecule has 0 aliphatic rings. The lowest BCUT2D eigenvalue weighted by molar-refractivity contribution is 0.0542. The zero-order valence-electron chi connectivity index (χ0n) is 4.04. The van der Waals surface area contributed by atoms with E-state index in [-0.39, 0.29) is 0 Å². The second-order valence-corrected chi connectivity index (χ2v) is 2.43. The summed E-state index contributed by atoms with van der Waals surface area (Å²) in [5, 5.41) is 0. The van der Waals surface area contributed by atoms with Crippen molar-refractivity contribution in [2.24, 2.45) is 0 Å². The number of hydrogen-bond donors (Lipinski definition) is 1. The molecule has 8 heavy (non-hydrogen) atoms. The maximum atomic E-state index is 11.6. The maximum absolute atomic E-state index is 11.6. The summed E-state index contributed by atoms with van der Waals surface area (Å²) in [6, 6.07) is 0. The van der Waals surface area contributed by atoms with Gasteiger partial charge < -0.3 is 4.74 Å². The van der Waals surface area contributed by atoms with Gasteiger partial charge in [-0.3, -0.25) is 4.55 Å². The van der Waals surface area contributed by atoms with Crippen LogP contribution >= 0.6 is 0 Å². The number of ether oxygens (including phenoxy) is 1. The SMILES string of the molecule is COC(F)S(=O)(=O)O. The highest BCUT2D eigenvalue weighted by Gasteiger charge is 2.19. The fourth-order valence-electron chi connectivity index (χ4n) is 0.122. The van der Waals surface area contributed by atoms with Gasteiger partial charge in [-0.05, 0) is 0 Å². The summed E-state index contributed by atoms with van der Waals surface area (Å²) in [7, 11) is -3.81. The summed E-state index contributed by atoms with van der Waals surface area (Å²) in [5.74, 6) is 0. The highest BCUT2D eigenvalue weighted by molar-refractivity contribution is 7.86. The number of rotatable bonds is 2. The van der Waals surface area contributed by atoms with Gasteiger partial charge in [-0.25, -0.2) is 0 Å². The van der Waals surface area contributed by atoms with Crippen LogP contribution in [0.2, 0.25) is 0 Å². The van der Waals surface area contributed by atoms with E-state index in [9.17, 15) is 12.8 Å². The Morgan fingerprint density at radius 3 is 2.12 bits per heavy atom. The van der Waals surface area contributed by atoms with Crippen LogP contribution in [-0.4, -0.2) is 25.8 Å². The molecular weight excluding hydrogens is 139 g/mol. The molecule has 0 aromatic heterocycles. The minimum absolute atomic E-state index is 0.832. The largest absolute Gasteiger partial charge is 0.338 e. The molecule has 6 heteroatoms. The van der Waals surface area contributed by atoms with E-state index in [1.54, 1.807) is 0 Å². The molecule has 0 saturated carbocycles. The van der Waals surface area contributed by atoms with Gasteiger partial charge in [0.25, 0.3) is 0 Å². The van der Waals surface area contributed by atoms with Gasteiger partial charge in [0.2, 0.25) is 0 Å². The molecule has 0 aliphatic carbocycles. The third kappa shape index (κ3) is 2.20. The van der Waals surface area contributed by atoms with Crippen molar-refractivity contribution in [2.45, 2.75) is 5.69 Å². The minimum Gasteiger partial charge on any atom is -0.338 e. The average molecular weight is 144 g/mol. The van der Waals surface area contributed by atoms with Crippen molar-refractivity contribution in [3.63, 3.8) is 0 Å². The molecule has 4 nitrogen and oxygen atoms in total. The van der Waals surface area contributed by atoms with Crippen LogP contribution in [0.1, 0.15) is 0 Å². The van der Waals surface area contributed by atoms with Crippen LogP contribution in [0.25, 0.3) is 0 Å². The molecule has 1 N–H and O–H groups in total. The Kier molecular flexibility index (Phi) is 2.32. The van der Waals surface area contributed by atoms with Crippen LogP contribution in [0.3, 0.4) is 0 Å². The minimum atomic E-state index is -4.64. The Hall–Kier alpha value is -0.200. The highest BCUT2D eigenvalue weighted by atomic mass is 32.2. The van der Waals surface area contributed by atoms with Crippen LogP contribution in [0.5, 0.6) is 0 Å². The van der Waals surface area contributed by atoms with Gasteiger partial charge in [0, 0.05) is 7.11 Å². The standard InChI is InChI=1S/C2H5FO4S/c1-7-2(3)8(4,5)6/h2H,1H3,(H,4,5,6). The topological polar surface area (TPSA) is 63.6 Å². The summed E-state index contributed by atoms with van der Waals surface area (Å²) in [6.45, 7) is 0. The Labute approximate surface area is 46.0 Å². The van der Waals surface area contributed by atoms with E-state index >= 15 is 0 Å². The number of methoxy groups -OCH3 is 1.